The summed E-state index contributed by atoms with van der Waals surface area (Å²) in [4.78, 5) is 12.2. The molecule has 1 aromatic carbocycles. The van der Waals surface area contributed by atoms with Crippen molar-refractivity contribution in [3.63, 3.8) is 0 Å². The summed E-state index contributed by atoms with van der Waals surface area (Å²) in [6.45, 7) is 4.25. The fraction of sp³-hybridized carbons (Fsp3) is 0.385. The molecule has 1 atom stereocenters. The van der Waals surface area contributed by atoms with E-state index in [0.29, 0.717) is 23.2 Å². The number of aryl methyl sites for hydroxylation is 1. The van der Waals surface area contributed by atoms with E-state index < -0.39 is 0 Å². The summed E-state index contributed by atoms with van der Waals surface area (Å²) in [5, 5.41) is 14.3. The molecule has 0 saturated heterocycles. The van der Waals surface area contributed by atoms with E-state index in [1.807, 2.05) is 31.2 Å². The van der Waals surface area contributed by atoms with Crippen LogP contribution in [0.3, 0.4) is 0 Å². The molecule has 1 amide bonds. The predicted molar refractivity (Wildman–Crippen MR) is 80.4 cm³/mol. The van der Waals surface area contributed by atoms with Crippen LogP contribution in [-0.4, -0.2) is 38.0 Å². The first-order valence-corrected chi connectivity index (χ1v) is 7.41. The first kappa shape index (κ1) is 15.3. The SMILES string of the molecule is CCOc1ccccc1NC(=O)C(C)Sc1nnnn1C. The van der Waals surface area contributed by atoms with Crippen molar-refractivity contribution < 1.29 is 9.53 Å². The third-order valence-corrected chi connectivity index (χ3v) is 3.80. The molecular weight excluding hydrogens is 290 g/mol. The largest absolute Gasteiger partial charge is 0.492 e. The molecule has 1 unspecified atom stereocenters. The van der Waals surface area contributed by atoms with E-state index in [1.54, 1.807) is 14.0 Å². The number of nitrogens with one attached hydrogen (secondary N) is 1. The Labute approximate surface area is 127 Å². The maximum Gasteiger partial charge on any atom is 0.237 e. The van der Waals surface area contributed by atoms with Crippen LogP contribution in [0, 0.1) is 0 Å². The van der Waals surface area contributed by atoms with Crippen molar-refractivity contribution in [3.05, 3.63) is 24.3 Å². The van der Waals surface area contributed by atoms with Gasteiger partial charge in [0.2, 0.25) is 11.1 Å². The monoisotopic (exact) mass is 307 g/mol. The summed E-state index contributed by atoms with van der Waals surface area (Å²) in [6, 6.07) is 7.35. The highest BCUT2D eigenvalue weighted by atomic mass is 32.2. The van der Waals surface area contributed by atoms with Gasteiger partial charge in [-0.15, -0.1) is 5.10 Å². The minimum absolute atomic E-state index is 0.129. The number of amides is 1. The number of carbonyl (C=O) groups excluding carboxylic acids is 1. The minimum atomic E-state index is -0.329. The summed E-state index contributed by atoms with van der Waals surface area (Å²) in [5.41, 5.74) is 0.660. The lowest BCUT2D eigenvalue weighted by Gasteiger charge is -2.14. The fourth-order valence-corrected chi connectivity index (χ4v) is 2.37. The van der Waals surface area contributed by atoms with Gasteiger partial charge in [0.15, 0.2) is 0 Å². The molecule has 1 heterocycles. The lowest BCUT2D eigenvalue weighted by atomic mass is 10.3. The molecule has 0 radical (unpaired) electrons. The summed E-state index contributed by atoms with van der Waals surface area (Å²) in [6.07, 6.45) is 0. The zero-order valence-corrected chi connectivity index (χ0v) is 12.9. The molecule has 7 nitrogen and oxygen atoms in total. The minimum Gasteiger partial charge on any atom is -0.492 e. The number of nitrogens with zero attached hydrogens (tertiary/aromatic N) is 4. The molecule has 112 valence electrons. The smallest absolute Gasteiger partial charge is 0.237 e. The third-order valence-electron chi connectivity index (χ3n) is 2.68. The lowest BCUT2D eigenvalue weighted by Crippen LogP contribution is -2.23. The highest BCUT2D eigenvalue weighted by Crippen LogP contribution is 2.26. The van der Waals surface area contributed by atoms with Crippen LogP contribution < -0.4 is 10.1 Å². The van der Waals surface area contributed by atoms with Gasteiger partial charge in [-0.1, -0.05) is 23.9 Å². The van der Waals surface area contributed by atoms with Gasteiger partial charge < -0.3 is 10.1 Å². The Kier molecular flexibility index (Phi) is 5.15. The summed E-state index contributed by atoms with van der Waals surface area (Å²) in [5.74, 6) is 0.529. The van der Waals surface area contributed by atoms with Crippen LogP contribution in [0.25, 0.3) is 0 Å². The Morgan fingerprint density at radius 3 is 2.90 bits per heavy atom. The Hall–Kier alpha value is -2.09. The molecule has 1 aromatic heterocycles. The average Bonchev–Trinajstić information content (AvgIpc) is 2.86. The third kappa shape index (κ3) is 3.94. The van der Waals surface area contributed by atoms with Crippen molar-refractivity contribution in [2.75, 3.05) is 11.9 Å². The van der Waals surface area contributed by atoms with Crippen LogP contribution in [0.5, 0.6) is 5.75 Å². The molecule has 0 fully saturated rings. The number of carbonyl (C=O) groups is 1. The van der Waals surface area contributed by atoms with Gasteiger partial charge in [0.25, 0.3) is 0 Å². The number of anilines is 1. The molecule has 1 N–H and O–H groups in total. The summed E-state index contributed by atoms with van der Waals surface area (Å²) in [7, 11) is 1.73. The topological polar surface area (TPSA) is 81.9 Å². The molecule has 21 heavy (non-hydrogen) atoms. The van der Waals surface area contributed by atoms with Gasteiger partial charge >= 0.3 is 0 Å². The van der Waals surface area contributed by atoms with E-state index >= 15 is 0 Å². The number of thioether (sulfide) groups is 1. The predicted octanol–water partition coefficient (Wildman–Crippen LogP) is 1.73. The van der Waals surface area contributed by atoms with Crippen LogP contribution in [0.2, 0.25) is 0 Å². The zero-order chi connectivity index (χ0) is 15.2. The Bertz CT molecular complexity index is 616. The van der Waals surface area contributed by atoms with Crippen molar-refractivity contribution in [2.24, 2.45) is 7.05 Å². The van der Waals surface area contributed by atoms with E-state index in [2.05, 4.69) is 20.8 Å². The molecule has 0 bridgehead atoms. The van der Waals surface area contributed by atoms with Crippen LogP contribution in [0.15, 0.2) is 29.4 Å². The number of hydrogen-bond donors (Lipinski definition) is 1. The molecule has 0 aliphatic rings. The molecule has 2 aromatic rings. The zero-order valence-electron chi connectivity index (χ0n) is 12.1. The highest BCUT2D eigenvalue weighted by Gasteiger charge is 2.18. The van der Waals surface area contributed by atoms with E-state index in [9.17, 15) is 4.79 Å². The number of hydrogen-bond acceptors (Lipinski definition) is 6. The first-order valence-electron chi connectivity index (χ1n) is 6.53. The number of para-hydroxylation sites is 2. The maximum atomic E-state index is 12.2. The molecule has 0 aliphatic heterocycles. The molecule has 8 heteroatoms. The number of rotatable bonds is 6. The molecule has 0 aliphatic carbocycles. The van der Waals surface area contributed by atoms with E-state index in [1.165, 1.54) is 16.4 Å². The van der Waals surface area contributed by atoms with Crippen molar-refractivity contribution in [1.82, 2.24) is 20.2 Å². The van der Waals surface area contributed by atoms with Crippen LogP contribution in [0.1, 0.15) is 13.8 Å². The second-order valence-corrected chi connectivity index (χ2v) is 5.57. The maximum absolute atomic E-state index is 12.2. The number of benzene rings is 1. The second kappa shape index (κ2) is 7.07. The molecular formula is C13H17N5O2S. The van der Waals surface area contributed by atoms with Crippen molar-refractivity contribution >= 4 is 23.4 Å². The van der Waals surface area contributed by atoms with E-state index in [-0.39, 0.29) is 11.2 Å². The quantitative estimate of drug-likeness (QED) is 0.818. The lowest BCUT2D eigenvalue weighted by molar-refractivity contribution is -0.115. The van der Waals surface area contributed by atoms with Crippen molar-refractivity contribution in [3.8, 4) is 5.75 Å². The second-order valence-electron chi connectivity index (χ2n) is 4.26. The standard InChI is InChI=1S/C13H17N5O2S/c1-4-20-11-8-6-5-7-10(11)14-12(19)9(2)21-13-15-16-17-18(13)3/h5-9H,4H2,1-3H3,(H,14,19). The van der Waals surface area contributed by atoms with Gasteiger partial charge in [0, 0.05) is 7.05 Å². The van der Waals surface area contributed by atoms with Gasteiger partial charge in [-0.25, -0.2) is 4.68 Å². The van der Waals surface area contributed by atoms with Gasteiger partial charge in [0.05, 0.1) is 17.5 Å². The van der Waals surface area contributed by atoms with Gasteiger partial charge in [0.1, 0.15) is 5.75 Å². The summed E-state index contributed by atoms with van der Waals surface area (Å²) >= 11 is 1.30. The molecule has 2 rings (SSSR count). The molecule has 0 spiro atoms. The number of aromatic nitrogens is 4. The highest BCUT2D eigenvalue weighted by molar-refractivity contribution is 8.00. The van der Waals surface area contributed by atoms with Gasteiger partial charge in [-0.2, -0.15) is 0 Å². The van der Waals surface area contributed by atoms with Crippen LogP contribution in [0.4, 0.5) is 5.69 Å². The van der Waals surface area contributed by atoms with Crippen molar-refractivity contribution in [2.45, 2.75) is 24.3 Å². The Balaban J connectivity index is 2.02. The van der Waals surface area contributed by atoms with Gasteiger partial charge in [-0.3, -0.25) is 4.79 Å². The number of ether oxygens (including phenoxy) is 1. The van der Waals surface area contributed by atoms with Crippen molar-refractivity contribution in [1.29, 1.82) is 0 Å². The Morgan fingerprint density at radius 2 is 2.24 bits per heavy atom. The van der Waals surface area contributed by atoms with E-state index in [0.717, 1.165) is 0 Å². The first-order chi connectivity index (χ1) is 10.1. The Morgan fingerprint density at radius 1 is 1.48 bits per heavy atom. The number of tetrazole rings is 1. The van der Waals surface area contributed by atoms with E-state index in [4.69, 9.17) is 4.74 Å². The molecule has 0 saturated carbocycles. The summed E-state index contributed by atoms with van der Waals surface area (Å²) < 4.78 is 7.01. The average molecular weight is 307 g/mol. The van der Waals surface area contributed by atoms with Gasteiger partial charge in [-0.05, 0) is 36.4 Å². The fourth-order valence-electron chi connectivity index (χ4n) is 1.62. The van der Waals surface area contributed by atoms with Crippen LogP contribution >= 0.6 is 11.8 Å². The van der Waals surface area contributed by atoms with Crippen LogP contribution in [-0.2, 0) is 11.8 Å². The normalized spacial score (nSPS) is 12.0.